The van der Waals surface area contributed by atoms with Crippen LogP contribution in [-0.2, 0) is 6.54 Å². The number of rotatable bonds is 4. The van der Waals surface area contributed by atoms with E-state index in [2.05, 4.69) is 34.2 Å². The molecule has 0 bridgehead atoms. The molecule has 0 aliphatic rings. The molecule has 2 nitrogen and oxygen atoms in total. The van der Waals surface area contributed by atoms with Gasteiger partial charge in [0, 0.05) is 18.0 Å². The lowest BCUT2D eigenvalue weighted by Crippen LogP contribution is -2.23. The zero-order valence-electron chi connectivity index (χ0n) is 7.80. The Kier molecular flexibility index (Phi) is 4.38. The van der Waals surface area contributed by atoms with E-state index in [0.717, 1.165) is 6.54 Å². The summed E-state index contributed by atoms with van der Waals surface area (Å²) in [5.74, 6) is 0. The van der Waals surface area contributed by atoms with Crippen molar-refractivity contribution < 1.29 is 5.11 Å². The summed E-state index contributed by atoms with van der Waals surface area (Å²) in [5, 5.41) is 12.2. The second-order valence-corrected chi connectivity index (χ2v) is 5.60. The monoisotopic (exact) mass is 263 g/mol. The smallest absolute Gasteiger partial charge is 0.0730 e. The van der Waals surface area contributed by atoms with Crippen molar-refractivity contribution in [1.29, 1.82) is 0 Å². The third-order valence-electron chi connectivity index (χ3n) is 1.65. The molecule has 1 rings (SSSR count). The standard InChI is InChI=1S/C9H14BrNOS/c1-6-3-8(13-9(6)10)5-11-4-7(2)12/h3,7,11-12H,4-5H2,1-2H3/t7-/m0/s1. The van der Waals surface area contributed by atoms with Gasteiger partial charge in [0.05, 0.1) is 9.89 Å². The van der Waals surface area contributed by atoms with Gasteiger partial charge in [0.15, 0.2) is 0 Å². The fourth-order valence-electron chi connectivity index (χ4n) is 1.01. The van der Waals surface area contributed by atoms with E-state index in [1.165, 1.54) is 14.2 Å². The van der Waals surface area contributed by atoms with Crippen LogP contribution >= 0.6 is 27.3 Å². The summed E-state index contributed by atoms with van der Waals surface area (Å²) < 4.78 is 1.20. The van der Waals surface area contributed by atoms with Gasteiger partial charge in [-0.05, 0) is 41.4 Å². The van der Waals surface area contributed by atoms with Crippen molar-refractivity contribution in [1.82, 2.24) is 5.32 Å². The van der Waals surface area contributed by atoms with E-state index in [9.17, 15) is 0 Å². The number of aryl methyl sites for hydroxylation is 1. The van der Waals surface area contributed by atoms with Crippen LogP contribution in [-0.4, -0.2) is 17.8 Å². The lowest BCUT2D eigenvalue weighted by molar-refractivity contribution is 0.191. The Morgan fingerprint density at radius 1 is 1.69 bits per heavy atom. The number of aliphatic hydroxyl groups is 1. The van der Waals surface area contributed by atoms with Gasteiger partial charge in [-0.2, -0.15) is 0 Å². The maximum absolute atomic E-state index is 9.02. The van der Waals surface area contributed by atoms with E-state index in [1.54, 1.807) is 18.3 Å². The van der Waals surface area contributed by atoms with E-state index in [1.807, 2.05) is 0 Å². The molecule has 0 saturated carbocycles. The molecule has 0 aromatic carbocycles. The maximum Gasteiger partial charge on any atom is 0.0730 e. The molecule has 0 aliphatic heterocycles. The first-order valence-electron chi connectivity index (χ1n) is 4.23. The molecule has 13 heavy (non-hydrogen) atoms. The van der Waals surface area contributed by atoms with Gasteiger partial charge in [0.1, 0.15) is 0 Å². The van der Waals surface area contributed by atoms with E-state index in [-0.39, 0.29) is 6.10 Å². The quantitative estimate of drug-likeness (QED) is 0.874. The van der Waals surface area contributed by atoms with Crippen molar-refractivity contribution >= 4 is 27.3 Å². The number of halogens is 1. The normalized spacial score (nSPS) is 13.2. The lowest BCUT2D eigenvalue weighted by Gasteiger charge is -2.04. The third kappa shape index (κ3) is 3.77. The lowest BCUT2D eigenvalue weighted by atomic mass is 10.3. The number of hydrogen-bond donors (Lipinski definition) is 2. The largest absolute Gasteiger partial charge is 0.392 e. The molecule has 0 radical (unpaired) electrons. The van der Waals surface area contributed by atoms with Crippen molar-refractivity contribution in [2.24, 2.45) is 0 Å². The predicted molar refractivity (Wildman–Crippen MR) is 60.1 cm³/mol. The first kappa shape index (κ1) is 11.2. The number of aliphatic hydroxyl groups excluding tert-OH is 1. The summed E-state index contributed by atoms with van der Waals surface area (Å²) >= 11 is 5.22. The van der Waals surface area contributed by atoms with Crippen LogP contribution < -0.4 is 5.32 Å². The van der Waals surface area contributed by atoms with E-state index < -0.39 is 0 Å². The van der Waals surface area contributed by atoms with Gasteiger partial charge in [-0.1, -0.05) is 0 Å². The zero-order valence-corrected chi connectivity index (χ0v) is 10.2. The van der Waals surface area contributed by atoms with Crippen LogP contribution in [0.25, 0.3) is 0 Å². The molecule has 0 spiro atoms. The molecular weight excluding hydrogens is 250 g/mol. The van der Waals surface area contributed by atoms with Gasteiger partial charge in [-0.25, -0.2) is 0 Å². The van der Waals surface area contributed by atoms with Crippen molar-refractivity contribution in [2.75, 3.05) is 6.54 Å². The minimum atomic E-state index is -0.274. The van der Waals surface area contributed by atoms with Gasteiger partial charge >= 0.3 is 0 Å². The van der Waals surface area contributed by atoms with Crippen LogP contribution in [0.5, 0.6) is 0 Å². The molecular formula is C9H14BrNOS. The highest BCUT2D eigenvalue weighted by Crippen LogP contribution is 2.26. The SMILES string of the molecule is Cc1cc(CNC[C@H](C)O)sc1Br. The molecule has 4 heteroatoms. The fraction of sp³-hybridized carbons (Fsp3) is 0.556. The number of nitrogens with one attached hydrogen (secondary N) is 1. The molecule has 0 saturated heterocycles. The summed E-state index contributed by atoms with van der Waals surface area (Å²) in [6, 6.07) is 2.16. The zero-order chi connectivity index (χ0) is 9.84. The Morgan fingerprint density at radius 3 is 2.85 bits per heavy atom. The maximum atomic E-state index is 9.02. The molecule has 1 heterocycles. The van der Waals surface area contributed by atoms with Gasteiger partial charge in [0.25, 0.3) is 0 Å². The molecule has 0 amide bonds. The molecule has 1 aromatic rings. The summed E-state index contributed by atoms with van der Waals surface area (Å²) in [4.78, 5) is 1.30. The fourth-order valence-corrected chi connectivity index (χ4v) is 2.61. The van der Waals surface area contributed by atoms with Crippen LogP contribution in [0.3, 0.4) is 0 Å². The van der Waals surface area contributed by atoms with Gasteiger partial charge in [-0.15, -0.1) is 11.3 Å². The Labute approximate surface area is 91.1 Å². The highest BCUT2D eigenvalue weighted by atomic mass is 79.9. The summed E-state index contributed by atoms with van der Waals surface area (Å²) in [7, 11) is 0. The highest BCUT2D eigenvalue weighted by molar-refractivity contribution is 9.11. The molecule has 0 fully saturated rings. The van der Waals surface area contributed by atoms with E-state index >= 15 is 0 Å². The first-order chi connectivity index (χ1) is 6.09. The molecule has 1 aromatic heterocycles. The first-order valence-corrected chi connectivity index (χ1v) is 5.84. The van der Waals surface area contributed by atoms with Crippen LogP contribution in [0.2, 0.25) is 0 Å². The van der Waals surface area contributed by atoms with Crippen LogP contribution in [0.1, 0.15) is 17.4 Å². The highest BCUT2D eigenvalue weighted by Gasteiger charge is 2.02. The minimum Gasteiger partial charge on any atom is -0.392 e. The number of thiophene rings is 1. The van der Waals surface area contributed by atoms with E-state index in [0.29, 0.717) is 6.54 Å². The van der Waals surface area contributed by atoms with Crippen molar-refractivity contribution in [3.05, 3.63) is 20.3 Å². The molecule has 0 unspecified atom stereocenters. The minimum absolute atomic E-state index is 0.274. The Morgan fingerprint density at radius 2 is 2.38 bits per heavy atom. The average molecular weight is 264 g/mol. The van der Waals surface area contributed by atoms with Gasteiger partial charge in [-0.3, -0.25) is 0 Å². The van der Waals surface area contributed by atoms with Crippen LogP contribution in [0.4, 0.5) is 0 Å². The van der Waals surface area contributed by atoms with Gasteiger partial charge < -0.3 is 10.4 Å². The molecule has 2 N–H and O–H groups in total. The van der Waals surface area contributed by atoms with Gasteiger partial charge in [0.2, 0.25) is 0 Å². The summed E-state index contributed by atoms with van der Waals surface area (Å²) in [5.41, 5.74) is 1.28. The van der Waals surface area contributed by atoms with Crippen LogP contribution in [0, 0.1) is 6.92 Å². The Bertz CT molecular complexity index is 253. The van der Waals surface area contributed by atoms with Crippen molar-refractivity contribution in [3.63, 3.8) is 0 Å². The van der Waals surface area contributed by atoms with Crippen molar-refractivity contribution in [2.45, 2.75) is 26.5 Å². The number of hydrogen-bond acceptors (Lipinski definition) is 3. The van der Waals surface area contributed by atoms with Crippen LogP contribution in [0.15, 0.2) is 9.85 Å². The molecule has 1 atom stereocenters. The predicted octanol–water partition coefficient (Wildman–Crippen LogP) is 2.29. The summed E-state index contributed by atoms with van der Waals surface area (Å²) in [6.07, 6.45) is -0.274. The Hall–Kier alpha value is 0.100. The molecule has 0 aliphatic carbocycles. The van der Waals surface area contributed by atoms with E-state index in [4.69, 9.17) is 5.11 Å². The summed E-state index contributed by atoms with van der Waals surface area (Å²) in [6.45, 7) is 5.35. The average Bonchev–Trinajstić information content (AvgIpc) is 2.30. The molecule has 74 valence electrons. The second-order valence-electron chi connectivity index (χ2n) is 3.15. The Balaban J connectivity index is 2.37. The second kappa shape index (κ2) is 5.10. The van der Waals surface area contributed by atoms with Crippen molar-refractivity contribution in [3.8, 4) is 0 Å². The topological polar surface area (TPSA) is 32.3 Å². The third-order valence-corrected chi connectivity index (χ3v) is 3.78.